The van der Waals surface area contributed by atoms with Gasteiger partial charge in [0.05, 0.1) is 24.5 Å². The summed E-state index contributed by atoms with van der Waals surface area (Å²) in [6.45, 7) is 10.6. The normalized spacial score (nSPS) is 11.3. The van der Waals surface area contributed by atoms with E-state index in [-0.39, 0.29) is 0 Å². The molecule has 0 atom stereocenters. The molecule has 0 saturated heterocycles. The van der Waals surface area contributed by atoms with E-state index < -0.39 is 0 Å². The van der Waals surface area contributed by atoms with Crippen LogP contribution in [-0.2, 0) is 38.8 Å². The Morgan fingerprint density at radius 2 is 1.02 bits per heavy atom. The van der Waals surface area contributed by atoms with Crippen molar-refractivity contribution in [1.29, 1.82) is 0 Å². The van der Waals surface area contributed by atoms with E-state index in [1.807, 2.05) is 0 Å². The molecule has 6 aromatic rings. The Hall–Kier alpha value is -4.68. The van der Waals surface area contributed by atoms with Gasteiger partial charge in [0.15, 0.2) is 11.0 Å². The van der Waals surface area contributed by atoms with E-state index >= 15 is 0 Å². The third kappa shape index (κ3) is 5.53. The van der Waals surface area contributed by atoms with Gasteiger partial charge in [0.2, 0.25) is 11.0 Å². The number of imidazole rings is 2. The second-order valence-electron chi connectivity index (χ2n) is 11.3. The minimum absolute atomic E-state index is 0.819. The van der Waals surface area contributed by atoms with Crippen LogP contribution in [0.25, 0.3) is 33.4 Å². The number of hydrogen-bond acceptors (Lipinski definition) is 2. The first-order valence-electron chi connectivity index (χ1n) is 16.3. The molecule has 2 aromatic carbocycles. The summed E-state index contributed by atoms with van der Waals surface area (Å²) >= 11 is 0. The number of rotatable bonds is 10. The van der Waals surface area contributed by atoms with Crippen molar-refractivity contribution in [2.45, 2.75) is 92.2 Å². The van der Waals surface area contributed by atoms with Crippen LogP contribution in [0.4, 0.5) is 0 Å². The van der Waals surface area contributed by atoms with Gasteiger partial charge in [-0.2, -0.15) is 0 Å². The van der Waals surface area contributed by atoms with E-state index in [0.29, 0.717) is 0 Å². The summed E-state index contributed by atoms with van der Waals surface area (Å²) in [6.07, 6.45) is 7.45. The number of hydrogen-bond donors (Lipinski definition) is 0. The molecule has 0 fully saturated rings. The van der Waals surface area contributed by atoms with E-state index in [2.05, 4.69) is 130 Å². The SMILES string of the molecule is CCc1cc2n(nc1CC)c1ccccc1[n+]2CCCC#CC#CCCC[n+]1c2ccccc2n2nc(CC)c(CC)cc21. The number of fused-ring (bicyclic) bond motifs is 6. The van der Waals surface area contributed by atoms with Crippen LogP contribution >= 0.6 is 0 Å². The minimum Gasteiger partial charge on any atom is -0.221 e. The van der Waals surface area contributed by atoms with Gasteiger partial charge in [-0.25, -0.2) is 9.13 Å². The lowest BCUT2D eigenvalue weighted by Gasteiger charge is -2.03. The highest BCUT2D eigenvalue weighted by Crippen LogP contribution is 2.19. The Labute approximate surface area is 260 Å². The molecule has 6 heteroatoms. The van der Waals surface area contributed by atoms with Crippen LogP contribution in [0.2, 0.25) is 0 Å². The molecule has 0 N–H and O–H groups in total. The predicted octanol–water partition coefficient (Wildman–Crippen LogP) is 6.38. The molecule has 0 bridgehead atoms. The van der Waals surface area contributed by atoms with Gasteiger partial charge in [-0.3, -0.25) is 0 Å². The Balaban J connectivity index is 1.09. The second-order valence-corrected chi connectivity index (χ2v) is 11.3. The summed E-state index contributed by atoms with van der Waals surface area (Å²) in [6, 6.07) is 21.7. The highest BCUT2D eigenvalue weighted by atomic mass is 15.3. The number of nitrogens with zero attached hydrogens (tertiary/aromatic N) is 6. The zero-order valence-electron chi connectivity index (χ0n) is 26.5. The molecule has 0 aliphatic carbocycles. The Morgan fingerprint density at radius 1 is 0.591 bits per heavy atom. The van der Waals surface area contributed by atoms with Gasteiger partial charge < -0.3 is 0 Å². The van der Waals surface area contributed by atoms with Crippen molar-refractivity contribution in [2.75, 3.05) is 0 Å². The number of unbranched alkanes of at least 4 members (excludes halogenated alkanes) is 2. The predicted molar refractivity (Wildman–Crippen MR) is 177 cm³/mol. The molecule has 222 valence electrons. The molecule has 0 radical (unpaired) electrons. The van der Waals surface area contributed by atoms with Crippen molar-refractivity contribution in [3.8, 4) is 23.7 Å². The zero-order chi connectivity index (χ0) is 30.5. The van der Waals surface area contributed by atoms with E-state index in [9.17, 15) is 0 Å². The minimum atomic E-state index is 0.819. The molecule has 0 unspecified atom stereocenters. The van der Waals surface area contributed by atoms with Gasteiger partial charge in [-0.15, -0.1) is 0 Å². The van der Waals surface area contributed by atoms with Crippen molar-refractivity contribution in [3.63, 3.8) is 0 Å². The molecular weight excluding hydrogens is 540 g/mol. The molecule has 0 amide bonds. The van der Waals surface area contributed by atoms with Crippen LogP contribution < -0.4 is 9.13 Å². The first-order valence-corrected chi connectivity index (χ1v) is 16.3. The second kappa shape index (κ2) is 13.3. The smallest absolute Gasteiger partial charge is 0.221 e. The largest absolute Gasteiger partial charge is 0.308 e. The van der Waals surface area contributed by atoms with Crippen molar-refractivity contribution in [2.24, 2.45) is 0 Å². The lowest BCUT2D eigenvalue weighted by molar-refractivity contribution is -0.646. The number of aryl methyl sites for hydroxylation is 6. The van der Waals surface area contributed by atoms with Crippen molar-refractivity contribution in [3.05, 3.63) is 83.2 Å². The summed E-state index contributed by atoms with van der Waals surface area (Å²) in [4.78, 5) is 0. The van der Waals surface area contributed by atoms with Crippen molar-refractivity contribution < 1.29 is 9.13 Å². The Morgan fingerprint density at radius 3 is 1.43 bits per heavy atom. The first-order chi connectivity index (χ1) is 21.7. The zero-order valence-corrected chi connectivity index (χ0v) is 26.5. The quantitative estimate of drug-likeness (QED) is 0.107. The van der Waals surface area contributed by atoms with Gasteiger partial charge in [0.1, 0.15) is 0 Å². The number of para-hydroxylation sites is 4. The average Bonchev–Trinajstić information content (AvgIpc) is 3.55. The van der Waals surface area contributed by atoms with Crippen LogP contribution in [0.1, 0.15) is 75.9 Å². The van der Waals surface area contributed by atoms with E-state index in [0.717, 1.165) is 86.8 Å². The fourth-order valence-electron chi connectivity index (χ4n) is 6.34. The standard InChI is InChI=1S/C38H42N6/c1-5-29-27-37-41(33-21-15-17-23-35(33)43(37)39-31(29)7-3)25-19-13-11-9-10-12-14-20-26-42-34-22-16-18-24-36(34)44-38(42)28-30(6-2)32(8-4)40-44/h15-18,21-24,27-28H,5-8,13-14,19-20,25-26H2,1-4H3/q+2. The maximum atomic E-state index is 5.01. The lowest BCUT2D eigenvalue weighted by atomic mass is 10.1. The molecule has 4 heterocycles. The first kappa shape index (κ1) is 29.4. The number of aromatic nitrogens is 6. The van der Waals surface area contributed by atoms with Crippen LogP contribution in [-0.4, -0.2) is 19.2 Å². The summed E-state index contributed by atoms with van der Waals surface area (Å²) < 4.78 is 9.01. The van der Waals surface area contributed by atoms with Crippen molar-refractivity contribution >= 4 is 33.4 Å². The fraction of sp³-hybridized carbons (Fsp3) is 0.368. The third-order valence-electron chi connectivity index (χ3n) is 8.62. The third-order valence-corrected chi connectivity index (χ3v) is 8.62. The van der Waals surface area contributed by atoms with Gasteiger partial charge in [-0.1, -0.05) is 83.0 Å². The van der Waals surface area contributed by atoms with E-state index in [1.54, 1.807) is 0 Å². The van der Waals surface area contributed by atoms with Crippen LogP contribution in [0.3, 0.4) is 0 Å². The highest BCUT2D eigenvalue weighted by Gasteiger charge is 2.23. The summed E-state index contributed by atoms with van der Waals surface area (Å²) in [5.74, 6) is 12.8. The molecule has 44 heavy (non-hydrogen) atoms. The molecule has 0 aliphatic heterocycles. The van der Waals surface area contributed by atoms with Gasteiger partial charge in [0, 0.05) is 25.0 Å². The molecule has 0 saturated carbocycles. The highest BCUT2D eigenvalue weighted by molar-refractivity contribution is 5.76. The molecular formula is C38H42N6+2. The summed E-state index contributed by atoms with van der Waals surface area (Å²) in [5.41, 5.74) is 12.1. The van der Waals surface area contributed by atoms with E-state index in [1.165, 1.54) is 33.5 Å². The van der Waals surface area contributed by atoms with E-state index in [4.69, 9.17) is 10.2 Å². The maximum absolute atomic E-state index is 5.01. The monoisotopic (exact) mass is 582 g/mol. The molecule has 0 aliphatic rings. The maximum Gasteiger partial charge on any atom is 0.308 e. The summed E-state index contributed by atoms with van der Waals surface area (Å²) in [5, 5.41) is 10.0. The number of benzene rings is 2. The van der Waals surface area contributed by atoms with Crippen LogP contribution in [0.15, 0.2) is 60.7 Å². The Kier molecular flexibility index (Phi) is 8.89. The fourth-order valence-corrected chi connectivity index (χ4v) is 6.34. The topological polar surface area (TPSA) is 42.4 Å². The van der Waals surface area contributed by atoms with Crippen LogP contribution in [0, 0.1) is 23.7 Å². The average molecular weight is 583 g/mol. The molecule has 0 spiro atoms. The lowest BCUT2D eigenvalue weighted by Crippen LogP contribution is -2.33. The summed E-state index contributed by atoms with van der Waals surface area (Å²) in [7, 11) is 0. The molecule has 6 nitrogen and oxygen atoms in total. The molecule has 4 aromatic heterocycles. The molecule has 6 rings (SSSR count). The van der Waals surface area contributed by atoms with Crippen LogP contribution in [0.5, 0.6) is 0 Å². The van der Waals surface area contributed by atoms with Gasteiger partial charge in [0.25, 0.3) is 0 Å². The van der Waals surface area contributed by atoms with Gasteiger partial charge in [-0.05, 0) is 85.8 Å². The Bertz CT molecular complexity index is 1940. The van der Waals surface area contributed by atoms with Gasteiger partial charge >= 0.3 is 11.3 Å². The van der Waals surface area contributed by atoms with Crippen molar-refractivity contribution in [1.82, 2.24) is 19.2 Å².